The lowest BCUT2D eigenvalue weighted by molar-refractivity contribution is -0.142. The second kappa shape index (κ2) is 6.13. The third-order valence-electron chi connectivity index (χ3n) is 2.13. The average Bonchev–Trinajstić information content (AvgIpc) is 2.31. The monoisotopic (exact) mass is 261 g/mol. The highest BCUT2D eigenvalue weighted by Gasteiger charge is 2.21. The predicted molar refractivity (Wildman–Crippen MR) is 57.7 cm³/mol. The number of ether oxygens (including phenoxy) is 2. The van der Waals surface area contributed by atoms with E-state index < -0.39 is 30.1 Å². The van der Waals surface area contributed by atoms with Gasteiger partial charge in [0.1, 0.15) is 5.75 Å². The van der Waals surface area contributed by atoms with Crippen LogP contribution < -0.4 is 4.74 Å². The fourth-order valence-corrected chi connectivity index (χ4v) is 1.33. The van der Waals surface area contributed by atoms with Gasteiger partial charge in [0.05, 0.1) is 31.4 Å². The minimum atomic E-state index is -2.89. The van der Waals surface area contributed by atoms with Crippen LogP contribution in [0.25, 0.3) is 0 Å². The van der Waals surface area contributed by atoms with E-state index in [-0.39, 0.29) is 18.2 Å². The number of carbonyl (C=O) groups excluding carboxylic acids is 1. The van der Waals surface area contributed by atoms with Crippen molar-refractivity contribution in [3.63, 3.8) is 0 Å². The molecule has 0 aliphatic heterocycles. The Morgan fingerprint density at radius 3 is 2.72 bits per heavy atom. The maximum atomic E-state index is 12.7. The summed E-state index contributed by atoms with van der Waals surface area (Å²) in [6.45, 7) is 1.77. The molecule has 0 fully saturated rings. The molecule has 0 amide bonds. The molecule has 0 atom stereocenters. The number of methoxy groups -OCH3 is 1. The van der Waals surface area contributed by atoms with Crippen molar-refractivity contribution in [3.8, 4) is 11.6 Å². The number of alkyl halides is 2. The zero-order chi connectivity index (χ0) is 13.7. The summed E-state index contributed by atoms with van der Waals surface area (Å²) in [5.74, 6) is -1.46. The number of aromatic hydroxyl groups is 1. The van der Waals surface area contributed by atoms with Crippen molar-refractivity contribution >= 4 is 5.97 Å². The Balaban J connectivity index is 3.09. The molecule has 1 aromatic heterocycles. The normalized spacial score (nSPS) is 10.5. The topological polar surface area (TPSA) is 68.7 Å². The molecular weight excluding hydrogens is 248 g/mol. The maximum absolute atomic E-state index is 12.7. The number of aromatic nitrogens is 1. The molecule has 0 saturated carbocycles. The van der Waals surface area contributed by atoms with Crippen molar-refractivity contribution in [1.29, 1.82) is 0 Å². The zero-order valence-electron chi connectivity index (χ0n) is 9.94. The van der Waals surface area contributed by atoms with Crippen LogP contribution >= 0.6 is 0 Å². The fourth-order valence-electron chi connectivity index (χ4n) is 1.33. The Kier molecular flexibility index (Phi) is 4.82. The first-order chi connectivity index (χ1) is 8.49. The van der Waals surface area contributed by atoms with E-state index in [9.17, 15) is 18.7 Å². The molecule has 0 radical (unpaired) electrons. The van der Waals surface area contributed by atoms with Gasteiger partial charge in [-0.25, -0.2) is 13.8 Å². The van der Waals surface area contributed by atoms with Crippen LogP contribution in [0, 0.1) is 0 Å². The minimum Gasteiger partial charge on any atom is -0.506 e. The summed E-state index contributed by atoms with van der Waals surface area (Å²) in [5, 5.41) is 9.59. The van der Waals surface area contributed by atoms with Gasteiger partial charge < -0.3 is 14.6 Å². The van der Waals surface area contributed by atoms with E-state index in [2.05, 4.69) is 9.72 Å². The van der Waals surface area contributed by atoms with E-state index in [4.69, 9.17) is 4.74 Å². The molecule has 0 saturated heterocycles. The summed E-state index contributed by atoms with van der Waals surface area (Å²) in [6.07, 6.45) is -3.28. The number of pyridine rings is 1. The van der Waals surface area contributed by atoms with Gasteiger partial charge in [0.2, 0.25) is 5.88 Å². The van der Waals surface area contributed by atoms with Crippen molar-refractivity contribution in [1.82, 2.24) is 4.98 Å². The number of nitrogens with zero attached hydrogens (tertiary/aromatic N) is 1. The average molecular weight is 261 g/mol. The van der Waals surface area contributed by atoms with Crippen LogP contribution in [0.4, 0.5) is 8.78 Å². The lowest BCUT2D eigenvalue weighted by Gasteiger charge is -2.10. The Hall–Kier alpha value is -1.92. The van der Waals surface area contributed by atoms with Crippen LogP contribution in [0.5, 0.6) is 11.6 Å². The van der Waals surface area contributed by atoms with Crippen LogP contribution in [0.15, 0.2) is 6.07 Å². The third kappa shape index (κ3) is 3.28. The van der Waals surface area contributed by atoms with Crippen molar-refractivity contribution < 1.29 is 28.2 Å². The quantitative estimate of drug-likeness (QED) is 0.819. The second-order valence-corrected chi connectivity index (χ2v) is 3.33. The summed E-state index contributed by atoms with van der Waals surface area (Å²) >= 11 is 0. The van der Waals surface area contributed by atoms with Gasteiger partial charge in [-0.05, 0) is 6.92 Å². The Morgan fingerprint density at radius 2 is 2.22 bits per heavy atom. The summed E-state index contributed by atoms with van der Waals surface area (Å²) in [5.41, 5.74) is -0.816. The molecule has 0 aliphatic carbocycles. The SMILES string of the molecule is CCOC(=O)Cc1nc(OC)cc(C(F)F)c1O. The van der Waals surface area contributed by atoms with E-state index in [1.165, 1.54) is 7.11 Å². The highest BCUT2D eigenvalue weighted by Crippen LogP contribution is 2.33. The molecule has 7 heteroatoms. The summed E-state index contributed by atoms with van der Waals surface area (Å²) in [4.78, 5) is 15.0. The van der Waals surface area contributed by atoms with Crippen molar-refractivity contribution in [3.05, 3.63) is 17.3 Å². The van der Waals surface area contributed by atoms with E-state index in [0.717, 1.165) is 6.07 Å². The predicted octanol–water partition coefficient (Wildman–Crippen LogP) is 1.84. The van der Waals surface area contributed by atoms with Crippen LogP contribution in [-0.2, 0) is 16.0 Å². The number of rotatable bonds is 5. The second-order valence-electron chi connectivity index (χ2n) is 3.33. The molecule has 18 heavy (non-hydrogen) atoms. The largest absolute Gasteiger partial charge is 0.506 e. The molecule has 0 unspecified atom stereocenters. The Labute approximate surface area is 102 Å². The molecular formula is C11H13F2NO4. The lowest BCUT2D eigenvalue weighted by Crippen LogP contribution is -2.10. The van der Waals surface area contributed by atoms with Gasteiger partial charge in [-0.2, -0.15) is 0 Å². The summed E-state index contributed by atoms with van der Waals surface area (Å²) < 4.78 is 34.7. The van der Waals surface area contributed by atoms with Gasteiger partial charge in [0, 0.05) is 6.07 Å². The number of esters is 1. The van der Waals surface area contributed by atoms with Gasteiger partial charge in [0.15, 0.2) is 0 Å². The highest BCUT2D eigenvalue weighted by molar-refractivity contribution is 5.73. The van der Waals surface area contributed by atoms with Gasteiger partial charge in [0.25, 0.3) is 6.43 Å². The number of halogens is 2. The molecule has 100 valence electrons. The first-order valence-corrected chi connectivity index (χ1v) is 5.20. The molecule has 5 nitrogen and oxygen atoms in total. The summed E-state index contributed by atoms with van der Waals surface area (Å²) in [7, 11) is 1.25. The maximum Gasteiger partial charge on any atom is 0.312 e. The van der Waals surface area contributed by atoms with E-state index in [0.29, 0.717) is 0 Å². The van der Waals surface area contributed by atoms with E-state index in [1.807, 2.05) is 0 Å². The molecule has 1 aromatic rings. The Morgan fingerprint density at radius 1 is 1.56 bits per heavy atom. The first-order valence-electron chi connectivity index (χ1n) is 5.20. The van der Waals surface area contributed by atoms with Crippen LogP contribution in [0.2, 0.25) is 0 Å². The smallest absolute Gasteiger partial charge is 0.312 e. The number of hydrogen-bond donors (Lipinski definition) is 1. The minimum absolute atomic E-state index is 0.0950. The molecule has 1 heterocycles. The van der Waals surface area contributed by atoms with Gasteiger partial charge in [-0.1, -0.05) is 0 Å². The molecule has 1 rings (SSSR count). The van der Waals surface area contributed by atoms with Gasteiger partial charge in [-0.3, -0.25) is 4.79 Å². The van der Waals surface area contributed by atoms with Gasteiger partial charge in [-0.15, -0.1) is 0 Å². The van der Waals surface area contributed by atoms with Gasteiger partial charge >= 0.3 is 5.97 Å². The first kappa shape index (κ1) is 14.1. The molecule has 0 aliphatic rings. The summed E-state index contributed by atoms with van der Waals surface area (Å²) in [6, 6.07) is 0.925. The molecule has 0 bridgehead atoms. The highest BCUT2D eigenvalue weighted by atomic mass is 19.3. The zero-order valence-corrected chi connectivity index (χ0v) is 9.94. The Bertz CT molecular complexity index is 437. The molecule has 0 aromatic carbocycles. The van der Waals surface area contributed by atoms with Crippen LogP contribution in [-0.4, -0.2) is 29.8 Å². The third-order valence-corrected chi connectivity index (χ3v) is 2.13. The van der Waals surface area contributed by atoms with E-state index >= 15 is 0 Å². The number of hydrogen-bond acceptors (Lipinski definition) is 5. The van der Waals surface area contributed by atoms with Crippen LogP contribution in [0.3, 0.4) is 0 Å². The van der Waals surface area contributed by atoms with Crippen molar-refractivity contribution in [2.75, 3.05) is 13.7 Å². The standard InChI is InChI=1S/C11H13F2NO4/c1-3-18-9(15)5-7-10(16)6(11(12)13)4-8(14-7)17-2/h4,11,16H,3,5H2,1-2H3. The van der Waals surface area contributed by atoms with E-state index in [1.54, 1.807) is 6.92 Å². The molecule has 0 spiro atoms. The lowest BCUT2D eigenvalue weighted by atomic mass is 10.1. The van der Waals surface area contributed by atoms with Crippen molar-refractivity contribution in [2.45, 2.75) is 19.8 Å². The van der Waals surface area contributed by atoms with Crippen molar-refractivity contribution in [2.24, 2.45) is 0 Å². The number of carbonyl (C=O) groups is 1. The van der Waals surface area contributed by atoms with Crippen LogP contribution in [0.1, 0.15) is 24.6 Å². The fraction of sp³-hybridized carbons (Fsp3) is 0.455. The molecule has 1 N–H and O–H groups in total.